The zero-order valence-electron chi connectivity index (χ0n) is 9.68. The van der Waals surface area contributed by atoms with E-state index in [1.165, 1.54) is 0 Å². The van der Waals surface area contributed by atoms with E-state index in [1.807, 2.05) is 6.92 Å². The van der Waals surface area contributed by atoms with Gasteiger partial charge < -0.3 is 15.2 Å². The fourth-order valence-corrected chi connectivity index (χ4v) is 1.31. The zero-order chi connectivity index (χ0) is 12.3. The number of aryl methyl sites for hydroxylation is 1. The van der Waals surface area contributed by atoms with Crippen molar-refractivity contribution in [2.75, 3.05) is 12.8 Å². The van der Waals surface area contributed by atoms with E-state index in [0.29, 0.717) is 23.1 Å². The van der Waals surface area contributed by atoms with Gasteiger partial charge in [-0.25, -0.2) is 4.98 Å². The van der Waals surface area contributed by atoms with Gasteiger partial charge in [0.2, 0.25) is 5.88 Å². The maximum absolute atomic E-state index is 5.65. The molecule has 0 saturated carbocycles. The highest BCUT2D eigenvalue weighted by atomic mass is 16.5. The lowest BCUT2D eigenvalue weighted by Crippen LogP contribution is -1.95. The minimum atomic E-state index is 0.415. The summed E-state index contributed by atoms with van der Waals surface area (Å²) in [5, 5.41) is 0. The van der Waals surface area contributed by atoms with Gasteiger partial charge in [-0.1, -0.05) is 0 Å². The summed E-state index contributed by atoms with van der Waals surface area (Å²) in [5.41, 5.74) is 7.10. The normalized spacial score (nSPS) is 10.0. The highest BCUT2D eigenvalue weighted by Crippen LogP contribution is 2.31. The molecule has 2 N–H and O–H groups in total. The van der Waals surface area contributed by atoms with Crippen LogP contribution in [0.3, 0.4) is 0 Å². The van der Waals surface area contributed by atoms with Crippen molar-refractivity contribution in [2.24, 2.45) is 0 Å². The molecule has 1 aromatic carbocycles. The fraction of sp³-hybridized carbons (Fsp3) is 0.167. The third-order valence-corrected chi connectivity index (χ3v) is 2.16. The molecule has 0 aliphatic heterocycles. The summed E-state index contributed by atoms with van der Waals surface area (Å²) in [7, 11) is 1.56. The van der Waals surface area contributed by atoms with Gasteiger partial charge in [0.1, 0.15) is 0 Å². The van der Waals surface area contributed by atoms with Crippen molar-refractivity contribution in [3.8, 4) is 17.4 Å². The molecule has 0 unspecified atom stereocenters. The van der Waals surface area contributed by atoms with Crippen molar-refractivity contribution in [1.29, 1.82) is 0 Å². The Kier molecular flexibility index (Phi) is 3.09. The predicted octanol–water partition coefficient (Wildman–Crippen LogP) is 2.17. The molecule has 0 aliphatic rings. The zero-order valence-corrected chi connectivity index (χ0v) is 9.68. The smallest absolute Gasteiger partial charge is 0.238 e. The molecule has 2 rings (SSSR count). The summed E-state index contributed by atoms with van der Waals surface area (Å²) in [5.74, 6) is 1.53. The van der Waals surface area contributed by atoms with Crippen LogP contribution < -0.4 is 15.2 Å². The number of rotatable bonds is 3. The summed E-state index contributed by atoms with van der Waals surface area (Å²) in [6.45, 7) is 1.86. The Bertz CT molecular complexity index is 512. The number of benzene rings is 1. The third-order valence-electron chi connectivity index (χ3n) is 2.16. The Morgan fingerprint density at radius 3 is 2.59 bits per heavy atom. The molecule has 0 spiro atoms. The lowest BCUT2D eigenvalue weighted by molar-refractivity contribution is 0.373. The topological polar surface area (TPSA) is 70.3 Å². The Morgan fingerprint density at radius 1 is 1.12 bits per heavy atom. The molecule has 0 fully saturated rings. The van der Waals surface area contributed by atoms with Crippen molar-refractivity contribution in [3.63, 3.8) is 0 Å². The Balaban J connectivity index is 2.26. The molecule has 0 saturated heterocycles. The standard InChI is InChI=1S/C12H13N3O2/c1-8-6-15-12(7-14-8)17-10-4-3-9(13)5-11(10)16-2/h3-7H,13H2,1-2H3. The summed E-state index contributed by atoms with van der Waals surface area (Å²) in [6.07, 6.45) is 3.20. The van der Waals surface area contributed by atoms with Crippen LogP contribution in [0.5, 0.6) is 17.4 Å². The van der Waals surface area contributed by atoms with E-state index in [2.05, 4.69) is 9.97 Å². The molecule has 5 heteroatoms. The van der Waals surface area contributed by atoms with E-state index in [4.69, 9.17) is 15.2 Å². The van der Waals surface area contributed by atoms with Gasteiger partial charge in [-0.3, -0.25) is 4.98 Å². The van der Waals surface area contributed by atoms with Crippen LogP contribution in [0.4, 0.5) is 5.69 Å². The van der Waals surface area contributed by atoms with Gasteiger partial charge in [-0.2, -0.15) is 0 Å². The van der Waals surface area contributed by atoms with E-state index in [9.17, 15) is 0 Å². The highest BCUT2D eigenvalue weighted by molar-refractivity contribution is 5.52. The van der Waals surface area contributed by atoms with Crippen molar-refractivity contribution in [3.05, 3.63) is 36.3 Å². The molecule has 1 aromatic heterocycles. The molecule has 0 atom stereocenters. The molecule has 0 aliphatic carbocycles. The van der Waals surface area contributed by atoms with Crippen LogP contribution in [-0.4, -0.2) is 17.1 Å². The van der Waals surface area contributed by atoms with Crippen LogP contribution in [0.25, 0.3) is 0 Å². The van der Waals surface area contributed by atoms with Crippen LogP contribution in [-0.2, 0) is 0 Å². The van der Waals surface area contributed by atoms with Crippen LogP contribution in [0.15, 0.2) is 30.6 Å². The minimum Gasteiger partial charge on any atom is -0.493 e. The molecule has 0 radical (unpaired) electrons. The summed E-state index contributed by atoms with van der Waals surface area (Å²) >= 11 is 0. The van der Waals surface area contributed by atoms with Gasteiger partial charge in [0, 0.05) is 11.8 Å². The van der Waals surface area contributed by atoms with Gasteiger partial charge in [-0.15, -0.1) is 0 Å². The van der Waals surface area contributed by atoms with E-state index in [-0.39, 0.29) is 0 Å². The number of nitrogen functional groups attached to an aromatic ring is 1. The first-order valence-corrected chi connectivity index (χ1v) is 5.09. The molecule has 0 bridgehead atoms. The quantitative estimate of drug-likeness (QED) is 0.820. The molecule has 0 amide bonds. The van der Waals surface area contributed by atoms with Crippen molar-refractivity contribution in [2.45, 2.75) is 6.92 Å². The van der Waals surface area contributed by atoms with Gasteiger partial charge in [0.25, 0.3) is 0 Å². The van der Waals surface area contributed by atoms with E-state index >= 15 is 0 Å². The van der Waals surface area contributed by atoms with Crippen molar-refractivity contribution in [1.82, 2.24) is 9.97 Å². The Labute approximate surface area is 99.2 Å². The number of aromatic nitrogens is 2. The van der Waals surface area contributed by atoms with Crippen molar-refractivity contribution < 1.29 is 9.47 Å². The average molecular weight is 231 g/mol. The third kappa shape index (κ3) is 2.63. The van der Waals surface area contributed by atoms with Crippen LogP contribution in [0, 0.1) is 6.92 Å². The lowest BCUT2D eigenvalue weighted by atomic mass is 10.3. The number of hydrogen-bond donors (Lipinski definition) is 1. The van der Waals surface area contributed by atoms with Crippen molar-refractivity contribution >= 4 is 5.69 Å². The van der Waals surface area contributed by atoms with E-state index < -0.39 is 0 Å². The Hall–Kier alpha value is -2.30. The monoisotopic (exact) mass is 231 g/mol. The summed E-state index contributed by atoms with van der Waals surface area (Å²) in [4.78, 5) is 8.20. The molecular formula is C12H13N3O2. The van der Waals surface area contributed by atoms with Crippen LogP contribution in [0.2, 0.25) is 0 Å². The second-order valence-corrected chi connectivity index (χ2v) is 3.51. The minimum absolute atomic E-state index is 0.415. The Morgan fingerprint density at radius 2 is 1.94 bits per heavy atom. The summed E-state index contributed by atoms with van der Waals surface area (Å²) in [6, 6.07) is 5.16. The first-order chi connectivity index (χ1) is 8.19. The second kappa shape index (κ2) is 4.69. The lowest BCUT2D eigenvalue weighted by Gasteiger charge is -2.09. The predicted molar refractivity (Wildman–Crippen MR) is 64.2 cm³/mol. The largest absolute Gasteiger partial charge is 0.493 e. The van der Waals surface area contributed by atoms with Crippen LogP contribution >= 0.6 is 0 Å². The number of hydrogen-bond acceptors (Lipinski definition) is 5. The molecular weight excluding hydrogens is 218 g/mol. The van der Waals surface area contributed by atoms with Gasteiger partial charge in [0.15, 0.2) is 11.5 Å². The van der Waals surface area contributed by atoms with E-state index in [0.717, 1.165) is 5.69 Å². The number of ether oxygens (including phenoxy) is 2. The number of anilines is 1. The average Bonchev–Trinajstić information content (AvgIpc) is 2.34. The maximum Gasteiger partial charge on any atom is 0.238 e. The molecule has 1 heterocycles. The highest BCUT2D eigenvalue weighted by Gasteiger charge is 2.06. The van der Waals surface area contributed by atoms with Gasteiger partial charge in [0.05, 0.1) is 25.2 Å². The second-order valence-electron chi connectivity index (χ2n) is 3.51. The molecule has 2 aromatic rings. The summed E-state index contributed by atoms with van der Waals surface area (Å²) < 4.78 is 10.7. The van der Waals surface area contributed by atoms with Gasteiger partial charge >= 0.3 is 0 Å². The fourth-order valence-electron chi connectivity index (χ4n) is 1.31. The van der Waals surface area contributed by atoms with Gasteiger partial charge in [-0.05, 0) is 19.1 Å². The first-order valence-electron chi connectivity index (χ1n) is 5.09. The SMILES string of the molecule is COc1cc(N)ccc1Oc1cnc(C)cn1. The number of nitrogens with two attached hydrogens (primary N) is 1. The number of methoxy groups -OCH3 is 1. The molecule has 5 nitrogen and oxygen atoms in total. The molecule has 17 heavy (non-hydrogen) atoms. The number of nitrogens with zero attached hydrogens (tertiary/aromatic N) is 2. The first kappa shape index (κ1) is 11.2. The maximum atomic E-state index is 5.65. The van der Waals surface area contributed by atoms with Crippen LogP contribution in [0.1, 0.15) is 5.69 Å². The van der Waals surface area contributed by atoms with E-state index in [1.54, 1.807) is 37.7 Å². The molecule has 88 valence electrons.